The van der Waals surface area contributed by atoms with Crippen LogP contribution < -0.4 is 9.64 Å². The van der Waals surface area contributed by atoms with Gasteiger partial charge < -0.3 is 14.4 Å². The van der Waals surface area contributed by atoms with E-state index in [0.717, 1.165) is 42.5 Å². The van der Waals surface area contributed by atoms with E-state index in [0.29, 0.717) is 18.8 Å². The van der Waals surface area contributed by atoms with E-state index in [2.05, 4.69) is 10.9 Å². The van der Waals surface area contributed by atoms with Crippen molar-refractivity contribution in [2.45, 2.75) is 25.3 Å². The lowest BCUT2D eigenvalue weighted by Gasteiger charge is -2.42. The van der Waals surface area contributed by atoms with Crippen molar-refractivity contribution in [1.29, 1.82) is 5.26 Å². The minimum absolute atomic E-state index is 0.115. The number of ether oxygens (including phenoxy) is 2. The Labute approximate surface area is 124 Å². The predicted molar refractivity (Wildman–Crippen MR) is 80.2 cm³/mol. The molecule has 21 heavy (non-hydrogen) atoms. The monoisotopic (exact) mass is 284 g/mol. The molecule has 0 amide bonds. The second-order valence-corrected chi connectivity index (χ2v) is 5.58. The molecular formula is C15H17BN2O3. The second-order valence-electron chi connectivity index (χ2n) is 5.58. The Morgan fingerprint density at radius 2 is 2.48 bits per heavy atom. The van der Waals surface area contributed by atoms with Crippen LogP contribution in [0.3, 0.4) is 0 Å². The largest absolute Gasteiger partial charge is 0.489 e. The number of benzene rings is 1. The number of hydrogen-bond acceptors (Lipinski definition) is 5. The summed E-state index contributed by atoms with van der Waals surface area (Å²) in [6, 6.07) is 4.03. The van der Waals surface area contributed by atoms with Gasteiger partial charge in [-0.05, 0) is 30.3 Å². The molecule has 0 spiro atoms. The standard InChI is InChI=1S/C15H17BN2O3/c1-20-8-12-4-14-15(5-11(12)7-19)21-9-13-6-16(10-17)2-3-18(13)14/h4-5,7,13H,2-3,6,8-9H2,1H3. The topological polar surface area (TPSA) is 62.6 Å². The fourth-order valence-corrected chi connectivity index (χ4v) is 3.19. The molecule has 0 N–H and O–H groups in total. The molecule has 2 aliphatic heterocycles. The highest BCUT2D eigenvalue weighted by Crippen LogP contribution is 2.39. The molecule has 2 heterocycles. The first kappa shape index (κ1) is 14.0. The van der Waals surface area contributed by atoms with E-state index in [9.17, 15) is 4.79 Å². The van der Waals surface area contributed by atoms with Crippen molar-refractivity contribution < 1.29 is 14.3 Å². The Morgan fingerprint density at radius 3 is 3.19 bits per heavy atom. The van der Waals surface area contributed by atoms with Crippen LogP contribution in [0.4, 0.5) is 5.69 Å². The Hall–Kier alpha value is -2.00. The van der Waals surface area contributed by atoms with Gasteiger partial charge in [0, 0.05) is 25.2 Å². The molecule has 1 saturated heterocycles. The van der Waals surface area contributed by atoms with Crippen LogP contribution in [0, 0.1) is 11.2 Å². The van der Waals surface area contributed by atoms with Gasteiger partial charge in [0.1, 0.15) is 12.4 Å². The first-order chi connectivity index (χ1) is 10.3. The highest BCUT2D eigenvalue weighted by atomic mass is 16.5. The van der Waals surface area contributed by atoms with Crippen LogP contribution in [0.25, 0.3) is 0 Å². The molecular weight excluding hydrogens is 267 g/mol. The van der Waals surface area contributed by atoms with Crippen LogP contribution >= 0.6 is 0 Å². The molecule has 0 aliphatic carbocycles. The van der Waals surface area contributed by atoms with Crippen molar-refractivity contribution in [1.82, 2.24) is 0 Å². The van der Waals surface area contributed by atoms with E-state index in [1.54, 1.807) is 13.2 Å². The molecule has 0 saturated carbocycles. The maximum Gasteiger partial charge on any atom is 0.271 e. The SMILES string of the molecule is COCc1cc2c(cc1C=O)OCC1CB(C#N)CCN21. The molecule has 0 bridgehead atoms. The van der Waals surface area contributed by atoms with Crippen molar-refractivity contribution in [3.63, 3.8) is 0 Å². The van der Waals surface area contributed by atoms with Gasteiger partial charge in [0.25, 0.3) is 6.71 Å². The lowest BCUT2D eigenvalue weighted by atomic mass is 9.43. The first-order valence-corrected chi connectivity index (χ1v) is 7.17. The molecule has 0 radical (unpaired) electrons. The summed E-state index contributed by atoms with van der Waals surface area (Å²) in [6.45, 7) is 1.95. The third-order valence-electron chi connectivity index (χ3n) is 4.29. The van der Waals surface area contributed by atoms with Gasteiger partial charge in [-0.15, -0.1) is 0 Å². The van der Waals surface area contributed by atoms with E-state index < -0.39 is 0 Å². The van der Waals surface area contributed by atoms with Crippen LogP contribution in [-0.4, -0.2) is 39.3 Å². The zero-order chi connectivity index (χ0) is 14.8. The Morgan fingerprint density at radius 1 is 1.62 bits per heavy atom. The van der Waals surface area contributed by atoms with Gasteiger partial charge in [-0.3, -0.25) is 4.79 Å². The second kappa shape index (κ2) is 5.78. The van der Waals surface area contributed by atoms with Gasteiger partial charge in [-0.25, -0.2) is 5.26 Å². The maximum atomic E-state index is 11.2. The van der Waals surface area contributed by atoms with Crippen molar-refractivity contribution in [3.8, 4) is 11.7 Å². The van der Waals surface area contributed by atoms with E-state index in [1.165, 1.54) is 0 Å². The van der Waals surface area contributed by atoms with Gasteiger partial charge in [-0.1, -0.05) is 0 Å². The molecule has 0 aromatic heterocycles. The number of carbonyl (C=O) groups is 1. The van der Waals surface area contributed by atoms with Crippen LogP contribution in [0.5, 0.6) is 5.75 Å². The number of methoxy groups -OCH3 is 1. The highest BCUT2D eigenvalue weighted by Gasteiger charge is 2.36. The minimum Gasteiger partial charge on any atom is -0.489 e. The Balaban J connectivity index is 1.95. The van der Waals surface area contributed by atoms with Gasteiger partial charge in [0.2, 0.25) is 0 Å². The van der Waals surface area contributed by atoms with Crippen LogP contribution in [-0.2, 0) is 11.3 Å². The average Bonchev–Trinajstić information content (AvgIpc) is 2.53. The molecule has 1 fully saturated rings. The van der Waals surface area contributed by atoms with Crippen LogP contribution in [0.1, 0.15) is 15.9 Å². The summed E-state index contributed by atoms with van der Waals surface area (Å²) in [4.78, 5) is 13.5. The smallest absolute Gasteiger partial charge is 0.271 e. The summed E-state index contributed by atoms with van der Waals surface area (Å²) in [5.74, 6) is 3.12. The summed E-state index contributed by atoms with van der Waals surface area (Å²) in [5, 5.41) is 9.09. The molecule has 5 nitrogen and oxygen atoms in total. The summed E-state index contributed by atoms with van der Waals surface area (Å²) in [5.41, 5.74) is 2.50. The average molecular weight is 284 g/mol. The molecule has 108 valence electrons. The van der Waals surface area contributed by atoms with Crippen LogP contribution in [0.15, 0.2) is 12.1 Å². The molecule has 1 unspecified atom stereocenters. The van der Waals surface area contributed by atoms with E-state index >= 15 is 0 Å². The molecule has 6 heteroatoms. The van der Waals surface area contributed by atoms with Gasteiger partial charge in [0.15, 0.2) is 6.29 Å². The maximum absolute atomic E-state index is 11.2. The third kappa shape index (κ3) is 2.49. The summed E-state index contributed by atoms with van der Waals surface area (Å²) >= 11 is 0. The molecule has 1 aromatic carbocycles. The molecule has 1 atom stereocenters. The van der Waals surface area contributed by atoms with Gasteiger partial charge in [0.05, 0.1) is 18.3 Å². The van der Waals surface area contributed by atoms with E-state index in [1.807, 2.05) is 6.07 Å². The van der Waals surface area contributed by atoms with Gasteiger partial charge in [-0.2, -0.15) is 0 Å². The van der Waals surface area contributed by atoms with Crippen LogP contribution in [0.2, 0.25) is 12.6 Å². The number of anilines is 1. The van der Waals surface area contributed by atoms with E-state index in [-0.39, 0.29) is 12.8 Å². The summed E-state index contributed by atoms with van der Waals surface area (Å²) < 4.78 is 11.0. The van der Waals surface area contributed by atoms with Gasteiger partial charge >= 0.3 is 0 Å². The lowest BCUT2D eigenvalue weighted by Crippen LogP contribution is -2.50. The summed E-state index contributed by atoms with van der Waals surface area (Å²) in [7, 11) is 1.62. The van der Waals surface area contributed by atoms with Crippen molar-refractivity contribution >= 4 is 18.7 Å². The minimum atomic E-state index is 0.115. The molecule has 2 aliphatic rings. The Bertz CT molecular complexity index is 599. The van der Waals surface area contributed by atoms with E-state index in [4.69, 9.17) is 14.7 Å². The normalized spacial score (nSPS) is 20.1. The third-order valence-corrected chi connectivity index (χ3v) is 4.29. The first-order valence-electron chi connectivity index (χ1n) is 7.17. The number of nitrogens with zero attached hydrogens (tertiary/aromatic N) is 2. The number of rotatable bonds is 3. The summed E-state index contributed by atoms with van der Waals surface area (Å²) in [6.07, 6.45) is 2.55. The number of aldehydes is 1. The van der Waals surface area contributed by atoms with Crippen molar-refractivity contribution in [3.05, 3.63) is 23.3 Å². The zero-order valence-electron chi connectivity index (χ0n) is 12.0. The highest BCUT2D eigenvalue weighted by molar-refractivity contribution is 6.67. The fraction of sp³-hybridized carbons (Fsp3) is 0.467. The molecule has 3 rings (SSSR count). The van der Waals surface area contributed by atoms with Crippen molar-refractivity contribution in [2.24, 2.45) is 0 Å². The lowest BCUT2D eigenvalue weighted by molar-refractivity contribution is 0.111. The number of fused-ring (bicyclic) bond motifs is 3. The fourth-order valence-electron chi connectivity index (χ4n) is 3.19. The number of hydrogen-bond donors (Lipinski definition) is 0. The number of nitriles is 1. The van der Waals surface area contributed by atoms with Crippen molar-refractivity contribution in [2.75, 3.05) is 25.2 Å². The number of carbonyl (C=O) groups excluding carboxylic acids is 1. The Kier molecular flexibility index (Phi) is 3.85. The molecule has 1 aromatic rings. The quantitative estimate of drug-likeness (QED) is 0.625. The predicted octanol–water partition coefficient (Wildman–Crippen LogP) is 1.78. The zero-order valence-corrected chi connectivity index (χ0v) is 12.0.